The van der Waals surface area contributed by atoms with Crippen LogP contribution in [0.5, 0.6) is 11.5 Å². The minimum Gasteiger partial charge on any atom is -0.493 e. The summed E-state index contributed by atoms with van der Waals surface area (Å²) in [5.74, 6) is 1.48. The van der Waals surface area contributed by atoms with Crippen molar-refractivity contribution in [1.29, 1.82) is 0 Å². The van der Waals surface area contributed by atoms with Crippen LogP contribution in [-0.4, -0.2) is 36.4 Å². The number of alkyl halides is 3. The number of aromatic nitrogens is 2. The van der Waals surface area contributed by atoms with Gasteiger partial charge in [0.2, 0.25) is 0 Å². The van der Waals surface area contributed by atoms with Gasteiger partial charge in [0.15, 0.2) is 11.5 Å². The van der Waals surface area contributed by atoms with E-state index in [1.165, 1.54) is 12.1 Å². The van der Waals surface area contributed by atoms with Crippen molar-refractivity contribution in [1.82, 2.24) is 9.97 Å². The molecule has 5 rings (SSSR count). The molecular weight excluding hydrogens is 459 g/mol. The van der Waals surface area contributed by atoms with Gasteiger partial charge < -0.3 is 14.5 Å². The van der Waals surface area contributed by atoms with E-state index in [0.717, 1.165) is 41.8 Å². The SMILES string of the molecule is COc1cc2c(cc1OC)C(C1CCc3nc(-c4cccc(C(F)(F)F)c4)[nH]c(=O)c3C1)=NCC2. The number of aromatic amines is 1. The lowest BCUT2D eigenvalue weighted by atomic mass is 9.79. The molecule has 0 saturated carbocycles. The number of halogens is 3. The van der Waals surface area contributed by atoms with Gasteiger partial charge in [-0.25, -0.2) is 4.98 Å². The summed E-state index contributed by atoms with van der Waals surface area (Å²) in [5, 5.41) is 0. The van der Waals surface area contributed by atoms with Crippen molar-refractivity contribution in [2.75, 3.05) is 20.8 Å². The molecule has 1 atom stereocenters. The van der Waals surface area contributed by atoms with Crippen LogP contribution in [0.2, 0.25) is 0 Å². The molecule has 1 aliphatic heterocycles. The Labute approximate surface area is 199 Å². The normalized spacial score (nSPS) is 17.3. The molecule has 1 aromatic heterocycles. The number of aryl methyl sites for hydroxylation is 1. The highest BCUT2D eigenvalue weighted by Gasteiger charge is 2.32. The first-order valence-corrected chi connectivity index (χ1v) is 11.4. The van der Waals surface area contributed by atoms with Crippen molar-refractivity contribution < 1.29 is 22.6 Å². The van der Waals surface area contributed by atoms with Crippen LogP contribution in [0, 0.1) is 5.92 Å². The second kappa shape index (κ2) is 8.87. The van der Waals surface area contributed by atoms with Crippen molar-refractivity contribution in [2.24, 2.45) is 10.9 Å². The van der Waals surface area contributed by atoms with Crippen molar-refractivity contribution >= 4 is 5.71 Å². The number of nitrogens with one attached hydrogen (secondary N) is 1. The Balaban J connectivity index is 1.46. The molecule has 2 aromatic carbocycles. The number of H-pyrrole nitrogens is 1. The van der Waals surface area contributed by atoms with Crippen LogP contribution in [0.15, 0.2) is 46.2 Å². The second-order valence-electron chi connectivity index (χ2n) is 8.74. The predicted octanol–water partition coefficient (Wildman–Crippen LogP) is 4.62. The highest BCUT2D eigenvalue weighted by atomic mass is 19.4. The fraction of sp³-hybridized carbons (Fsp3) is 0.346. The molecule has 2 heterocycles. The van der Waals surface area contributed by atoms with Crippen LogP contribution in [0.1, 0.15) is 34.4 Å². The van der Waals surface area contributed by atoms with Crippen LogP contribution in [0.3, 0.4) is 0 Å². The minimum absolute atomic E-state index is 0.0296. The number of ether oxygens (including phenoxy) is 2. The molecule has 1 unspecified atom stereocenters. The van der Waals surface area contributed by atoms with Gasteiger partial charge in [0.25, 0.3) is 5.56 Å². The summed E-state index contributed by atoms with van der Waals surface area (Å²) in [6.07, 6.45) is -1.94. The van der Waals surface area contributed by atoms with Crippen LogP contribution in [-0.2, 0) is 25.4 Å². The highest BCUT2D eigenvalue weighted by Crippen LogP contribution is 2.36. The molecule has 35 heavy (non-hydrogen) atoms. The molecule has 3 aromatic rings. The first kappa shape index (κ1) is 23.1. The Bertz CT molecular complexity index is 1380. The van der Waals surface area contributed by atoms with E-state index in [-0.39, 0.29) is 22.9 Å². The number of fused-ring (bicyclic) bond motifs is 2. The zero-order valence-electron chi connectivity index (χ0n) is 19.3. The quantitative estimate of drug-likeness (QED) is 0.588. The van der Waals surface area contributed by atoms with Gasteiger partial charge in [-0.1, -0.05) is 12.1 Å². The molecule has 1 aliphatic carbocycles. The third-order valence-electron chi connectivity index (χ3n) is 6.68. The van der Waals surface area contributed by atoms with E-state index in [9.17, 15) is 18.0 Å². The number of rotatable bonds is 4. The average molecular weight is 483 g/mol. The molecule has 1 N–H and O–H groups in total. The monoisotopic (exact) mass is 483 g/mol. The maximum absolute atomic E-state index is 13.1. The topological polar surface area (TPSA) is 76.6 Å². The van der Waals surface area contributed by atoms with Crippen LogP contribution < -0.4 is 15.0 Å². The first-order chi connectivity index (χ1) is 16.8. The predicted molar refractivity (Wildman–Crippen MR) is 125 cm³/mol. The Morgan fingerprint density at radius 3 is 2.57 bits per heavy atom. The largest absolute Gasteiger partial charge is 0.493 e. The van der Waals surface area contributed by atoms with Gasteiger partial charge in [-0.15, -0.1) is 0 Å². The van der Waals surface area contributed by atoms with Gasteiger partial charge >= 0.3 is 6.18 Å². The van der Waals surface area contributed by atoms with E-state index in [0.29, 0.717) is 42.1 Å². The zero-order chi connectivity index (χ0) is 24.7. The summed E-state index contributed by atoms with van der Waals surface area (Å²) in [5.41, 5.74) is 3.39. The molecule has 0 spiro atoms. The maximum atomic E-state index is 13.1. The number of benzene rings is 2. The number of nitrogens with zero attached hydrogens (tertiary/aromatic N) is 2. The smallest absolute Gasteiger partial charge is 0.416 e. The maximum Gasteiger partial charge on any atom is 0.416 e. The van der Waals surface area contributed by atoms with E-state index >= 15 is 0 Å². The highest BCUT2D eigenvalue weighted by molar-refractivity contribution is 6.05. The molecule has 2 aliphatic rings. The zero-order valence-corrected chi connectivity index (χ0v) is 19.3. The number of hydrogen-bond donors (Lipinski definition) is 1. The number of hydrogen-bond acceptors (Lipinski definition) is 5. The van der Waals surface area contributed by atoms with E-state index in [2.05, 4.69) is 9.97 Å². The summed E-state index contributed by atoms with van der Waals surface area (Å²) in [6.45, 7) is 0.657. The lowest BCUT2D eigenvalue weighted by Crippen LogP contribution is -2.32. The molecule has 9 heteroatoms. The van der Waals surface area contributed by atoms with Gasteiger partial charge in [-0.05, 0) is 55.5 Å². The molecular formula is C26H24F3N3O3. The van der Waals surface area contributed by atoms with E-state index < -0.39 is 11.7 Å². The summed E-state index contributed by atoms with van der Waals surface area (Å²) >= 11 is 0. The summed E-state index contributed by atoms with van der Waals surface area (Å²) in [7, 11) is 3.20. The standard InChI is InChI=1S/C26H24F3N3O3/c1-34-21-12-14-8-9-30-23(18(14)13-22(21)35-2)15-6-7-20-19(11-15)25(33)32-24(31-20)16-4-3-5-17(10-16)26(27,28)29/h3-5,10,12-13,15H,6-9,11H2,1-2H3,(H,31,32,33). The van der Waals surface area contributed by atoms with Gasteiger partial charge in [-0.2, -0.15) is 13.2 Å². The molecule has 0 amide bonds. The van der Waals surface area contributed by atoms with Crippen molar-refractivity contribution in [3.8, 4) is 22.9 Å². The van der Waals surface area contributed by atoms with E-state index in [1.807, 2.05) is 12.1 Å². The Morgan fingerprint density at radius 2 is 1.83 bits per heavy atom. The average Bonchev–Trinajstić information content (AvgIpc) is 2.86. The lowest BCUT2D eigenvalue weighted by molar-refractivity contribution is -0.137. The molecule has 0 fully saturated rings. The fourth-order valence-electron chi connectivity index (χ4n) is 4.93. The van der Waals surface area contributed by atoms with E-state index in [1.54, 1.807) is 14.2 Å². The lowest BCUT2D eigenvalue weighted by Gasteiger charge is -2.29. The number of aliphatic imine (C=N–C) groups is 1. The van der Waals surface area contributed by atoms with Crippen LogP contribution in [0.4, 0.5) is 13.2 Å². The molecule has 182 valence electrons. The Hall–Kier alpha value is -3.62. The van der Waals surface area contributed by atoms with Crippen molar-refractivity contribution in [2.45, 2.75) is 31.9 Å². The third-order valence-corrected chi connectivity index (χ3v) is 6.68. The van der Waals surface area contributed by atoms with Gasteiger partial charge in [0.1, 0.15) is 5.82 Å². The summed E-state index contributed by atoms with van der Waals surface area (Å²) in [6, 6.07) is 8.76. The minimum atomic E-state index is -4.47. The third kappa shape index (κ3) is 4.31. The Kier molecular flexibility index (Phi) is 5.86. The van der Waals surface area contributed by atoms with E-state index in [4.69, 9.17) is 14.5 Å². The fourth-order valence-corrected chi connectivity index (χ4v) is 4.93. The second-order valence-corrected chi connectivity index (χ2v) is 8.74. The van der Waals surface area contributed by atoms with Gasteiger partial charge in [-0.3, -0.25) is 9.79 Å². The molecule has 0 radical (unpaired) electrons. The molecule has 0 saturated heterocycles. The van der Waals surface area contributed by atoms with Gasteiger partial charge in [0.05, 0.1) is 25.5 Å². The Morgan fingerprint density at radius 1 is 1.06 bits per heavy atom. The van der Waals surface area contributed by atoms with Crippen LogP contribution >= 0.6 is 0 Å². The first-order valence-electron chi connectivity index (χ1n) is 11.4. The van der Waals surface area contributed by atoms with Gasteiger partial charge in [0, 0.05) is 34.9 Å². The summed E-state index contributed by atoms with van der Waals surface area (Å²) < 4.78 is 50.3. The summed E-state index contributed by atoms with van der Waals surface area (Å²) in [4.78, 5) is 25.0. The molecule has 6 nitrogen and oxygen atoms in total. The van der Waals surface area contributed by atoms with Crippen LogP contribution in [0.25, 0.3) is 11.4 Å². The van der Waals surface area contributed by atoms with Crippen molar-refractivity contribution in [3.63, 3.8) is 0 Å². The van der Waals surface area contributed by atoms with Crippen molar-refractivity contribution in [3.05, 3.63) is 74.7 Å². The molecule has 0 bridgehead atoms. The number of methoxy groups -OCH3 is 2.